The number of ether oxygens (including phenoxy) is 1. The van der Waals surface area contributed by atoms with Crippen molar-refractivity contribution in [2.24, 2.45) is 0 Å². The molecule has 0 spiro atoms. The average Bonchev–Trinajstić information content (AvgIpc) is 2.49. The second kappa shape index (κ2) is 5.47. The third-order valence-electron chi connectivity index (χ3n) is 3.31. The first-order valence-electron chi connectivity index (χ1n) is 6.56. The van der Waals surface area contributed by atoms with Gasteiger partial charge in [0.15, 0.2) is 5.82 Å². The second-order valence-corrected chi connectivity index (χ2v) is 4.68. The van der Waals surface area contributed by atoms with E-state index in [-0.39, 0.29) is 6.10 Å². The van der Waals surface area contributed by atoms with E-state index >= 15 is 0 Å². The minimum atomic E-state index is -0.0438. The molecule has 0 radical (unpaired) electrons. The van der Waals surface area contributed by atoms with E-state index in [1.54, 1.807) is 0 Å². The van der Waals surface area contributed by atoms with Gasteiger partial charge in [-0.15, -0.1) is 0 Å². The first kappa shape index (κ1) is 12.3. The Morgan fingerprint density at radius 3 is 2.95 bits per heavy atom. The number of hydrogen-bond acceptors (Lipinski definition) is 4. The van der Waals surface area contributed by atoms with Crippen molar-refractivity contribution in [1.82, 2.24) is 15.3 Å². The van der Waals surface area contributed by atoms with Crippen LogP contribution in [0, 0.1) is 6.92 Å². The van der Waals surface area contributed by atoms with Crippen LogP contribution in [0.4, 0.5) is 0 Å². The van der Waals surface area contributed by atoms with E-state index in [1.807, 2.05) is 24.4 Å². The molecule has 0 aliphatic carbocycles. The van der Waals surface area contributed by atoms with Crippen molar-refractivity contribution in [3.8, 4) is 11.3 Å². The maximum absolute atomic E-state index is 5.70. The van der Waals surface area contributed by atoms with Crippen molar-refractivity contribution in [3.05, 3.63) is 47.9 Å². The fraction of sp³-hybridized carbons (Fsp3) is 0.333. The van der Waals surface area contributed by atoms with Crippen LogP contribution in [0.2, 0.25) is 0 Å². The summed E-state index contributed by atoms with van der Waals surface area (Å²) < 4.78 is 5.70. The lowest BCUT2D eigenvalue weighted by atomic mass is 10.1. The summed E-state index contributed by atoms with van der Waals surface area (Å²) in [6, 6.07) is 10.2. The van der Waals surface area contributed by atoms with Gasteiger partial charge in [-0.05, 0) is 18.6 Å². The van der Waals surface area contributed by atoms with Gasteiger partial charge in [0, 0.05) is 24.8 Å². The van der Waals surface area contributed by atoms with Gasteiger partial charge in [-0.3, -0.25) is 0 Å². The van der Waals surface area contributed by atoms with Crippen molar-refractivity contribution in [3.63, 3.8) is 0 Å². The predicted molar refractivity (Wildman–Crippen MR) is 73.8 cm³/mol. The molecule has 1 saturated heterocycles. The summed E-state index contributed by atoms with van der Waals surface area (Å²) >= 11 is 0. The minimum absolute atomic E-state index is 0.0438. The number of morpholine rings is 1. The largest absolute Gasteiger partial charge is 0.368 e. The summed E-state index contributed by atoms with van der Waals surface area (Å²) in [4.78, 5) is 8.99. The monoisotopic (exact) mass is 255 g/mol. The highest BCUT2D eigenvalue weighted by Gasteiger charge is 2.18. The van der Waals surface area contributed by atoms with Crippen molar-refractivity contribution in [2.75, 3.05) is 19.7 Å². The molecule has 19 heavy (non-hydrogen) atoms. The molecule has 2 heterocycles. The molecule has 1 N–H and O–H groups in total. The Labute approximate surface area is 112 Å². The molecule has 1 aliphatic rings. The molecule has 0 saturated carbocycles. The molecule has 98 valence electrons. The summed E-state index contributed by atoms with van der Waals surface area (Å²) in [7, 11) is 0. The molecule has 0 bridgehead atoms. The highest BCUT2D eigenvalue weighted by molar-refractivity contribution is 5.62. The predicted octanol–water partition coefficient (Wildman–Crippen LogP) is 2.11. The Kier molecular flexibility index (Phi) is 3.53. The van der Waals surface area contributed by atoms with E-state index in [9.17, 15) is 0 Å². The molecule has 1 aromatic carbocycles. The highest BCUT2D eigenvalue weighted by atomic mass is 16.5. The molecule has 1 fully saturated rings. The van der Waals surface area contributed by atoms with Gasteiger partial charge in [-0.1, -0.05) is 24.3 Å². The number of nitrogens with zero attached hydrogens (tertiary/aromatic N) is 2. The van der Waals surface area contributed by atoms with Crippen molar-refractivity contribution in [2.45, 2.75) is 13.0 Å². The molecular weight excluding hydrogens is 238 g/mol. The Morgan fingerprint density at radius 1 is 1.26 bits per heavy atom. The lowest BCUT2D eigenvalue weighted by molar-refractivity contribution is 0.0222. The van der Waals surface area contributed by atoms with Crippen molar-refractivity contribution >= 4 is 0 Å². The minimum Gasteiger partial charge on any atom is -0.368 e. The van der Waals surface area contributed by atoms with Crippen LogP contribution in [0.1, 0.15) is 17.5 Å². The van der Waals surface area contributed by atoms with Crippen molar-refractivity contribution < 1.29 is 4.74 Å². The van der Waals surface area contributed by atoms with Gasteiger partial charge < -0.3 is 10.1 Å². The first-order valence-corrected chi connectivity index (χ1v) is 6.56. The van der Waals surface area contributed by atoms with Gasteiger partial charge >= 0.3 is 0 Å². The van der Waals surface area contributed by atoms with Crippen LogP contribution in [-0.2, 0) is 4.74 Å². The fourth-order valence-electron chi connectivity index (χ4n) is 2.27. The van der Waals surface area contributed by atoms with E-state index in [4.69, 9.17) is 4.74 Å². The Bertz CT molecular complexity index is 565. The van der Waals surface area contributed by atoms with Crippen LogP contribution in [-0.4, -0.2) is 29.7 Å². The number of hydrogen-bond donors (Lipinski definition) is 1. The molecule has 1 atom stereocenters. The van der Waals surface area contributed by atoms with Crippen LogP contribution >= 0.6 is 0 Å². The number of nitrogens with one attached hydrogen (secondary N) is 1. The van der Waals surface area contributed by atoms with Gasteiger partial charge in [0.05, 0.1) is 12.3 Å². The highest BCUT2D eigenvalue weighted by Crippen LogP contribution is 2.23. The van der Waals surface area contributed by atoms with Gasteiger partial charge in [0.25, 0.3) is 0 Å². The summed E-state index contributed by atoms with van der Waals surface area (Å²) in [5, 5.41) is 3.30. The molecule has 1 aliphatic heterocycles. The van der Waals surface area contributed by atoms with Crippen LogP contribution in [0.15, 0.2) is 36.5 Å². The van der Waals surface area contributed by atoms with Gasteiger partial charge in [0.2, 0.25) is 0 Å². The average molecular weight is 255 g/mol. The topological polar surface area (TPSA) is 47.0 Å². The van der Waals surface area contributed by atoms with Crippen LogP contribution in [0.5, 0.6) is 0 Å². The summed E-state index contributed by atoms with van der Waals surface area (Å²) in [6.07, 6.45) is 1.76. The normalized spacial score (nSPS) is 19.3. The van der Waals surface area contributed by atoms with Crippen molar-refractivity contribution in [1.29, 1.82) is 0 Å². The lowest BCUT2D eigenvalue weighted by Crippen LogP contribution is -2.34. The number of aromatic nitrogens is 2. The summed E-state index contributed by atoms with van der Waals surface area (Å²) in [5.41, 5.74) is 3.32. The Morgan fingerprint density at radius 2 is 2.16 bits per heavy atom. The zero-order chi connectivity index (χ0) is 13.1. The molecule has 2 aromatic rings. The Hall–Kier alpha value is -1.78. The molecule has 1 unspecified atom stereocenters. The van der Waals surface area contributed by atoms with E-state index in [2.05, 4.69) is 34.3 Å². The number of rotatable bonds is 2. The Balaban J connectivity index is 1.93. The van der Waals surface area contributed by atoms with Gasteiger partial charge in [-0.25, -0.2) is 9.97 Å². The zero-order valence-electron chi connectivity index (χ0n) is 11.0. The van der Waals surface area contributed by atoms with Gasteiger partial charge in [-0.2, -0.15) is 0 Å². The number of benzene rings is 1. The second-order valence-electron chi connectivity index (χ2n) is 4.68. The smallest absolute Gasteiger partial charge is 0.159 e. The van der Waals surface area contributed by atoms with E-state index in [0.29, 0.717) is 6.61 Å². The summed E-state index contributed by atoms with van der Waals surface area (Å²) in [5.74, 6) is 0.757. The molecular formula is C15H17N3O. The van der Waals surface area contributed by atoms with Crippen LogP contribution in [0.25, 0.3) is 11.3 Å². The number of aryl methyl sites for hydroxylation is 1. The molecule has 0 amide bonds. The molecule has 4 nitrogen and oxygen atoms in total. The van der Waals surface area contributed by atoms with Gasteiger partial charge in [0.1, 0.15) is 6.10 Å². The molecule has 1 aromatic heterocycles. The zero-order valence-corrected chi connectivity index (χ0v) is 11.0. The third-order valence-corrected chi connectivity index (χ3v) is 3.31. The lowest BCUT2D eigenvalue weighted by Gasteiger charge is -2.22. The standard InChI is InChI=1S/C15H17N3O/c1-11-4-2-3-5-12(11)13-6-7-17-15(18-13)14-10-16-8-9-19-14/h2-7,14,16H,8-10H2,1H3. The maximum Gasteiger partial charge on any atom is 0.159 e. The fourth-order valence-corrected chi connectivity index (χ4v) is 2.27. The third kappa shape index (κ3) is 2.64. The van der Waals surface area contributed by atoms with Crippen LogP contribution in [0.3, 0.4) is 0 Å². The SMILES string of the molecule is Cc1ccccc1-c1ccnc(C2CNCCO2)n1. The first-order chi connectivity index (χ1) is 9.34. The van der Waals surface area contributed by atoms with E-state index in [1.165, 1.54) is 5.56 Å². The summed E-state index contributed by atoms with van der Waals surface area (Å²) in [6.45, 7) is 4.48. The quantitative estimate of drug-likeness (QED) is 0.893. The van der Waals surface area contributed by atoms with Crippen LogP contribution < -0.4 is 5.32 Å². The molecule has 4 heteroatoms. The maximum atomic E-state index is 5.70. The van der Waals surface area contributed by atoms with E-state index < -0.39 is 0 Å². The molecule has 3 rings (SSSR count). The van der Waals surface area contributed by atoms with E-state index in [0.717, 1.165) is 30.2 Å².